The van der Waals surface area contributed by atoms with Crippen molar-refractivity contribution in [2.45, 2.75) is 32.2 Å². The molecule has 0 aliphatic carbocycles. The Morgan fingerprint density at radius 1 is 1.07 bits per heavy atom. The SMILES string of the molecule is CCc1ccc(CNC(=O)c2cnn(-c3cccc(C(F)(F)F)c3)c2C(F)(F)F)s1. The van der Waals surface area contributed by atoms with E-state index in [1.165, 1.54) is 11.3 Å². The molecule has 1 N–H and O–H groups in total. The summed E-state index contributed by atoms with van der Waals surface area (Å²) >= 11 is 1.42. The summed E-state index contributed by atoms with van der Waals surface area (Å²) in [7, 11) is 0. The van der Waals surface area contributed by atoms with Crippen molar-refractivity contribution in [3.05, 3.63) is 69.2 Å². The van der Waals surface area contributed by atoms with Gasteiger partial charge < -0.3 is 5.32 Å². The lowest BCUT2D eigenvalue weighted by molar-refractivity contribution is -0.143. The van der Waals surface area contributed by atoms with E-state index >= 15 is 0 Å². The maximum atomic E-state index is 13.7. The number of carbonyl (C=O) groups is 1. The summed E-state index contributed by atoms with van der Waals surface area (Å²) in [5, 5.41) is 5.94. The zero-order valence-electron chi connectivity index (χ0n) is 15.4. The lowest BCUT2D eigenvalue weighted by Crippen LogP contribution is -2.26. The van der Waals surface area contributed by atoms with Crippen LogP contribution in [0.1, 0.15) is 38.3 Å². The standard InChI is InChI=1S/C19H15F6N3OS/c1-2-13-6-7-14(30-13)9-26-17(29)15-10-27-28(16(15)19(23,24)25)12-5-3-4-11(8-12)18(20,21)22/h3-8,10H,2,9H2,1H3,(H,26,29). The van der Waals surface area contributed by atoms with Crippen LogP contribution in [0.25, 0.3) is 5.69 Å². The minimum atomic E-state index is -5.02. The second kappa shape index (κ2) is 8.13. The third kappa shape index (κ3) is 4.66. The van der Waals surface area contributed by atoms with E-state index in [4.69, 9.17) is 0 Å². The Morgan fingerprint density at radius 2 is 1.77 bits per heavy atom. The van der Waals surface area contributed by atoms with Crippen molar-refractivity contribution in [1.29, 1.82) is 0 Å². The highest BCUT2D eigenvalue weighted by atomic mass is 32.1. The van der Waals surface area contributed by atoms with Gasteiger partial charge in [-0.05, 0) is 36.8 Å². The quantitative estimate of drug-likeness (QED) is 0.528. The fraction of sp³-hybridized carbons (Fsp3) is 0.263. The molecule has 0 atom stereocenters. The fourth-order valence-electron chi connectivity index (χ4n) is 2.77. The maximum Gasteiger partial charge on any atom is 0.434 e. The molecule has 3 aromatic rings. The second-order valence-corrected chi connectivity index (χ2v) is 7.52. The number of benzene rings is 1. The fourth-order valence-corrected chi connectivity index (χ4v) is 3.66. The Bertz CT molecular complexity index is 1050. The molecule has 3 rings (SSSR count). The highest BCUT2D eigenvalue weighted by Gasteiger charge is 2.41. The molecule has 0 unspecified atom stereocenters. The first kappa shape index (κ1) is 21.9. The number of alkyl halides is 6. The first-order chi connectivity index (χ1) is 14.0. The predicted octanol–water partition coefficient (Wildman–Crippen LogP) is 5.46. The van der Waals surface area contributed by atoms with Crippen molar-refractivity contribution < 1.29 is 31.1 Å². The largest absolute Gasteiger partial charge is 0.434 e. The molecule has 0 fully saturated rings. The molecule has 2 heterocycles. The molecule has 0 spiro atoms. The van der Waals surface area contributed by atoms with Gasteiger partial charge in [0.2, 0.25) is 0 Å². The van der Waals surface area contributed by atoms with Crippen LogP contribution in [-0.4, -0.2) is 15.7 Å². The molecule has 160 valence electrons. The van der Waals surface area contributed by atoms with E-state index in [9.17, 15) is 31.1 Å². The van der Waals surface area contributed by atoms with Crippen molar-refractivity contribution in [2.75, 3.05) is 0 Å². The number of nitrogens with zero attached hydrogens (tertiary/aromatic N) is 2. The highest BCUT2D eigenvalue weighted by Crippen LogP contribution is 2.35. The Balaban J connectivity index is 1.93. The smallest absolute Gasteiger partial charge is 0.347 e. The monoisotopic (exact) mass is 447 g/mol. The van der Waals surface area contributed by atoms with Crippen molar-refractivity contribution >= 4 is 17.2 Å². The van der Waals surface area contributed by atoms with Gasteiger partial charge in [0.05, 0.1) is 29.6 Å². The molecule has 0 saturated heterocycles. The number of halogens is 6. The molecule has 4 nitrogen and oxygen atoms in total. The van der Waals surface area contributed by atoms with Crippen LogP contribution in [0.5, 0.6) is 0 Å². The number of amides is 1. The van der Waals surface area contributed by atoms with Crippen LogP contribution in [0.15, 0.2) is 42.6 Å². The van der Waals surface area contributed by atoms with Gasteiger partial charge >= 0.3 is 12.4 Å². The van der Waals surface area contributed by atoms with Gasteiger partial charge in [-0.25, -0.2) is 4.68 Å². The average Bonchev–Trinajstić information content (AvgIpc) is 3.32. The van der Waals surface area contributed by atoms with Gasteiger partial charge in [-0.2, -0.15) is 31.4 Å². The number of hydrogen-bond donors (Lipinski definition) is 1. The van der Waals surface area contributed by atoms with Crippen LogP contribution in [0.4, 0.5) is 26.3 Å². The summed E-state index contributed by atoms with van der Waals surface area (Å²) in [4.78, 5) is 14.2. The number of nitrogens with one attached hydrogen (secondary N) is 1. The van der Waals surface area contributed by atoms with Crippen molar-refractivity contribution in [1.82, 2.24) is 15.1 Å². The Labute approximate surface area is 171 Å². The van der Waals surface area contributed by atoms with Crippen molar-refractivity contribution in [3.8, 4) is 5.69 Å². The highest BCUT2D eigenvalue weighted by molar-refractivity contribution is 7.11. The molecule has 11 heteroatoms. The molecule has 0 aliphatic rings. The number of hydrogen-bond acceptors (Lipinski definition) is 3. The van der Waals surface area contributed by atoms with E-state index in [1.54, 1.807) is 6.07 Å². The van der Waals surface area contributed by atoms with E-state index in [2.05, 4.69) is 10.4 Å². The first-order valence-electron chi connectivity index (χ1n) is 8.69. The average molecular weight is 447 g/mol. The Morgan fingerprint density at radius 3 is 2.37 bits per heavy atom. The van der Waals surface area contributed by atoms with Crippen LogP contribution >= 0.6 is 11.3 Å². The van der Waals surface area contributed by atoms with Gasteiger partial charge in [-0.3, -0.25) is 4.79 Å². The van der Waals surface area contributed by atoms with E-state index in [0.717, 1.165) is 34.4 Å². The molecule has 0 radical (unpaired) electrons. The molecule has 1 amide bonds. The summed E-state index contributed by atoms with van der Waals surface area (Å²) in [6.07, 6.45) is -8.26. The van der Waals surface area contributed by atoms with Gasteiger partial charge in [0.25, 0.3) is 5.91 Å². The summed E-state index contributed by atoms with van der Waals surface area (Å²) in [6, 6.07) is 6.93. The lowest BCUT2D eigenvalue weighted by atomic mass is 10.1. The Kier molecular flexibility index (Phi) is 5.93. The lowest BCUT2D eigenvalue weighted by Gasteiger charge is -2.14. The number of thiophene rings is 1. The summed E-state index contributed by atoms with van der Waals surface area (Å²) in [5.41, 5.74) is -3.80. The number of aromatic nitrogens is 2. The van der Waals surface area contributed by atoms with Crippen molar-refractivity contribution in [2.24, 2.45) is 0 Å². The zero-order valence-corrected chi connectivity index (χ0v) is 16.3. The molecule has 0 aliphatic heterocycles. The van der Waals surface area contributed by atoms with Gasteiger partial charge in [0, 0.05) is 9.75 Å². The molecule has 30 heavy (non-hydrogen) atoms. The third-order valence-electron chi connectivity index (χ3n) is 4.19. The van der Waals surface area contributed by atoms with Crippen LogP contribution in [0.2, 0.25) is 0 Å². The summed E-state index contributed by atoms with van der Waals surface area (Å²) in [5.74, 6) is -1.02. The van der Waals surface area contributed by atoms with Crippen LogP contribution in [-0.2, 0) is 25.3 Å². The normalized spacial score (nSPS) is 12.2. The predicted molar refractivity (Wildman–Crippen MR) is 98.4 cm³/mol. The minimum Gasteiger partial charge on any atom is -0.347 e. The molecule has 2 aromatic heterocycles. The van der Waals surface area contributed by atoms with Gasteiger partial charge in [-0.15, -0.1) is 11.3 Å². The maximum absolute atomic E-state index is 13.7. The number of rotatable bonds is 5. The van der Waals surface area contributed by atoms with E-state index < -0.39 is 40.8 Å². The van der Waals surface area contributed by atoms with Crippen LogP contribution < -0.4 is 5.32 Å². The number of carbonyl (C=O) groups excluding carboxylic acids is 1. The molecule has 1 aromatic carbocycles. The second-order valence-electron chi connectivity index (χ2n) is 6.27. The zero-order chi connectivity index (χ0) is 22.1. The third-order valence-corrected chi connectivity index (χ3v) is 5.42. The Hall–Kier alpha value is -2.82. The summed E-state index contributed by atoms with van der Waals surface area (Å²) < 4.78 is 80.1. The van der Waals surface area contributed by atoms with Gasteiger partial charge in [0.15, 0.2) is 5.69 Å². The van der Waals surface area contributed by atoms with E-state index in [1.807, 2.05) is 13.0 Å². The molecule has 0 bridgehead atoms. The van der Waals surface area contributed by atoms with E-state index in [0.29, 0.717) is 16.9 Å². The minimum absolute atomic E-state index is 0.0233. The molecular weight excluding hydrogens is 432 g/mol. The van der Waals surface area contributed by atoms with Crippen LogP contribution in [0.3, 0.4) is 0 Å². The van der Waals surface area contributed by atoms with Crippen molar-refractivity contribution in [3.63, 3.8) is 0 Å². The van der Waals surface area contributed by atoms with Gasteiger partial charge in [-0.1, -0.05) is 13.0 Å². The number of aryl methyl sites for hydroxylation is 1. The van der Waals surface area contributed by atoms with Gasteiger partial charge in [0.1, 0.15) is 0 Å². The topological polar surface area (TPSA) is 46.9 Å². The summed E-state index contributed by atoms with van der Waals surface area (Å²) in [6.45, 7) is 1.97. The molecule has 0 saturated carbocycles. The van der Waals surface area contributed by atoms with Crippen LogP contribution in [0, 0.1) is 0 Å². The van der Waals surface area contributed by atoms with E-state index in [-0.39, 0.29) is 6.54 Å². The molecular formula is C19H15F6N3OS. The first-order valence-corrected chi connectivity index (χ1v) is 9.51.